The van der Waals surface area contributed by atoms with E-state index in [0.29, 0.717) is 6.54 Å². The van der Waals surface area contributed by atoms with Crippen molar-refractivity contribution in [1.29, 1.82) is 0 Å². The molecule has 0 aromatic carbocycles. The minimum absolute atomic E-state index is 0.273. The van der Waals surface area contributed by atoms with Gasteiger partial charge in [-0.15, -0.1) is 0 Å². The van der Waals surface area contributed by atoms with Crippen LogP contribution in [0.4, 0.5) is 0 Å². The van der Waals surface area contributed by atoms with E-state index in [4.69, 9.17) is 0 Å². The average Bonchev–Trinajstić information content (AvgIpc) is 2.25. The Balaban J connectivity index is 2.47. The van der Waals surface area contributed by atoms with Gasteiger partial charge in [0, 0.05) is 6.54 Å². The van der Waals surface area contributed by atoms with Crippen LogP contribution in [0.25, 0.3) is 0 Å². The third-order valence-corrected chi connectivity index (χ3v) is 2.36. The van der Waals surface area contributed by atoms with Gasteiger partial charge in [-0.2, -0.15) is 0 Å². The van der Waals surface area contributed by atoms with Crippen molar-refractivity contribution in [2.75, 3.05) is 7.11 Å². The summed E-state index contributed by atoms with van der Waals surface area (Å²) >= 11 is 3.28. The molecule has 5 heteroatoms. The summed E-state index contributed by atoms with van der Waals surface area (Å²) < 4.78 is 5.38. The summed E-state index contributed by atoms with van der Waals surface area (Å²) in [6, 6.07) is 5.32. The Kier molecular flexibility index (Phi) is 4.71. The lowest BCUT2D eigenvalue weighted by atomic mass is 10.3. The summed E-state index contributed by atoms with van der Waals surface area (Å²) in [5.74, 6) is -0.273. The van der Waals surface area contributed by atoms with Crippen molar-refractivity contribution in [2.45, 2.75) is 19.5 Å². The van der Waals surface area contributed by atoms with E-state index in [1.54, 1.807) is 6.92 Å². The van der Waals surface area contributed by atoms with Gasteiger partial charge >= 0.3 is 5.97 Å². The molecule has 1 aromatic rings. The van der Waals surface area contributed by atoms with E-state index in [2.05, 4.69) is 31.0 Å². The lowest BCUT2D eigenvalue weighted by Crippen LogP contribution is -2.34. The smallest absolute Gasteiger partial charge is 0.322 e. The first-order valence-electron chi connectivity index (χ1n) is 4.56. The van der Waals surface area contributed by atoms with Gasteiger partial charge in [-0.1, -0.05) is 6.07 Å². The topological polar surface area (TPSA) is 51.2 Å². The fourth-order valence-corrected chi connectivity index (χ4v) is 1.45. The van der Waals surface area contributed by atoms with Gasteiger partial charge in [0.1, 0.15) is 10.6 Å². The highest BCUT2D eigenvalue weighted by Gasteiger charge is 2.11. The minimum atomic E-state index is -0.323. The first-order valence-corrected chi connectivity index (χ1v) is 5.35. The van der Waals surface area contributed by atoms with Crippen LogP contribution < -0.4 is 5.32 Å². The van der Waals surface area contributed by atoms with E-state index >= 15 is 0 Å². The predicted octanol–water partition coefficient (Wildman–Crippen LogP) is 1.50. The maximum Gasteiger partial charge on any atom is 0.322 e. The Labute approximate surface area is 97.2 Å². The number of halogens is 1. The van der Waals surface area contributed by atoms with Crippen molar-refractivity contribution in [3.63, 3.8) is 0 Å². The Bertz CT molecular complexity index is 344. The standard InChI is InChI=1S/C10H13BrN2O2/c1-7(10(14)15-2)12-6-8-4-3-5-9(11)13-8/h3-5,7,12H,6H2,1-2H3/t7-/m0/s1. The molecule has 1 heterocycles. The number of nitrogens with one attached hydrogen (secondary N) is 1. The van der Waals surface area contributed by atoms with Gasteiger partial charge in [-0.3, -0.25) is 10.1 Å². The third-order valence-electron chi connectivity index (χ3n) is 1.92. The molecule has 0 aliphatic rings. The number of hydrogen-bond donors (Lipinski definition) is 1. The highest BCUT2D eigenvalue weighted by molar-refractivity contribution is 9.10. The largest absolute Gasteiger partial charge is 0.468 e. The van der Waals surface area contributed by atoms with Crippen LogP contribution in [0.15, 0.2) is 22.8 Å². The van der Waals surface area contributed by atoms with Crippen LogP contribution in [0.5, 0.6) is 0 Å². The summed E-state index contributed by atoms with van der Waals surface area (Å²) in [5.41, 5.74) is 0.875. The first kappa shape index (κ1) is 12.1. The number of aromatic nitrogens is 1. The number of methoxy groups -OCH3 is 1. The molecule has 0 radical (unpaired) electrons. The van der Waals surface area contributed by atoms with Crippen molar-refractivity contribution < 1.29 is 9.53 Å². The van der Waals surface area contributed by atoms with Gasteiger partial charge in [0.2, 0.25) is 0 Å². The van der Waals surface area contributed by atoms with Crippen LogP contribution in [0, 0.1) is 0 Å². The van der Waals surface area contributed by atoms with Crippen LogP contribution >= 0.6 is 15.9 Å². The third kappa shape index (κ3) is 3.97. The molecular formula is C10H13BrN2O2. The number of esters is 1. The Morgan fingerprint density at radius 2 is 2.40 bits per heavy atom. The maximum atomic E-state index is 11.1. The van der Waals surface area contributed by atoms with Gasteiger partial charge in [-0.25, -0.2) is 4.98 Å². The molecule has 82 valence electrons. The van der Waals surface area contributed by atoms with Crippen molar-refractivity contribution in [3.05, 3.63) is 28.5 Å². The zero-order valence-corrected chi connectivity index (χ0v) is 10.2. The highest BCUT2D eigenvalue weighted by Crippen LogP contribution is 2.06. The Morgan fingerprint density at radius 1 is 1.67 bits per heavy atom. The fraction of sp³-hybridized carbons (Fsp3) is 0.400. The first-order chi connectivity index (χ1) is 7.13. The van der Waals surface area contributed by atoms with Gasteiger partial charge in [0.05, 0.1) is 12.8 Å². The molecule has 0 aliphatic heterocycles. The van der Waals surface area contributed by atoms with Crippen LogP contribution in [-0.4, -0.2) is 24.1 Å². The van der Waals surface area contributed by atoms with Gasteiger partial charge in [0.25, 0.3) is 0 Å². The van der Waals surface area contributed by atoms with Crippen LogP contribution in [0.1, 0.15) is 12.6 Å². The van der Waals surface area contributed by atoms with E-state index in [0.717, 1.165) is 10.3 Å². The molecule has 0 spiro atoms. The van der Waals surface area contributed by atoms with Crippen LogP contribution in [0.3, 0.4) is 0 Å². The molecule has 0 saturated carbocycles. The summed E-state index contributed by atoms with van der Waals surface area (Å²) in [6.07, 6.45) is 0. The Hall–Kier alpha value is -0.940. The van der Waals surface area contributed by atoms with Gasteiger partial charge < -0.3 is 4.74 Å². The molecule has 1 atom stereocenters. The molecule has 0 amide bonds. The molecule has 1 rings (SSSR count). The summed E-state index contributed by atoms with van der Waals surface area (Å²) in [6.45, 7) is 2.29. The number of carbonyl (C=O) groups excluding carboxylic acids is 1. The number of carbonyl (C=O) groups is 1. The molecule has 0 unspecified atom stereocenters. The average molecular weight is 273 g/mol. The molecule has 1 aromatic heterocycles. The lowest BCUT2D eigenvalue weighted by Gasteiger charge is -2.10. The van der Waals surface area contributed by atoms with Crippen molar-refractivity contribution in [1.82, 2.24) is 10.3 Å². The second kappa shape index (κ2) is 5.82. The summed E-state index contributed by atoms with van der Waals surface area (Å²) in [4.78, 5) is 15.3. The SMILES string of the molecule is COC(=O)[C@H](C)NCc1cccc(Br)n1. The molecule has 0 saturated heterocycles. The molecule has 4 nitrogen and oxygen atoms in total. The number of ether oxygens (including phenoxy) is 1. The van der Waals surface area contributed by atoms with E-state index in [9.17, 15) is 4.79 Å². The Morgan fingerprint density at radius 3 is 3.00 bits per heavy atom. The zero-order valence-electron chi connectivity index (χ0n) is 8.66. The quantitative estimate of drug-likeness (QED) is 0.667. The van der Waals surface area contributed by atoms with Gasteiger partial charge in [0.15, 0.2) is 0 Å². The molecule has 0 bridgehead atoms. The number of rotatable bonds is 4. The van der Waals surface area contributed by atoms with Crippen molar-refractivity contribution in [2.24, 2.45) is 0 Å². The molecular weight excluding hydrogens is 260 g/mol. The fourth-order valence-electron chi connectivity index (χ4n) is 1.07. The van der Waals surface area contributed by atoms with E-state index in [1.807, 2.05) is 18.2 Å². The van der Waals surface area contributed by atoms with E-state index in [-0.39, 0.29) is 12.0 Å². The van der Waals surface area contributed by atoms with Crippen LogP contribution in [0.2, 0.25) is 0 Å². The highest BCUT2D eigenvalue weighted by atomic mass is 79.9. The zero-order chi connectivity index (χ0) is 11.3. The second-order valence-corrected chi connectivity index (χ2v) is 3.89. The van der Waals surface area contributed by atoms with Gasteiger partial charge in [-0.05, 0) is 35.0 Å². The predicted molar refractivity (Wildman–Crippen MR) is 60.3 cm³/mol. The number of nitrogens with zero attached hydrogens (tertiary/aromatic N) is 1. The van der Waals surface area contributed by atoms with Crippen LogP contribution in [-0.2, 0) is 16.1 Å². The molecule has 1 N–H and O–H groups in total. The monoisotopic (exact) mass is 272 g/mol. The van der Waals surface area contributed by atoms with Crippen molar-refractivity contribution >= 4 is 21.9 Å². The normalized spacial score (nSPS) is 12.2. The molecule has 0 aliphatic carbocycles. The van der Waals surface area contributed by atoms with E-state index < -0.39 is 0 Å². The molecule has 0 fully saturated rings. The summed E-state index contributed by atoms with van der Waals surface area (Å²) in [7, 11) is 1.37. The lowest BCUT2D eigenvalue weighted by molar-refractivity contribution is -0.142. The number of hydrogen-bond acceptors (Lipinski definition) is 4. The van der Waals surface area contributed by atoms with E-state index in [1.165, 1.54) is 7.11 Å². The van der Waals surface area contributed by atoms with Crippen molar-refractivity contribution in [3.8, 4) is 0 Å². The maximum absolute atomic E-state index is 11.1. The minimum Gasteiger partial charge on any atom is -0.468 e. The summed E-state index contributed by atoms with van der Waals surface area (Å²) in [5, 5.41) is 3.02. The second-order valence-electron chi connectivity index (χ2n) is 3.08. The number of pyridine rings is 1. The molecule has 15 heavy (non-hydrogen) atoms.